The molecule has 0 radical (unpaired) electrons. The molecule has 0 spiro atoms. The summed E-state index contributed by atoms with van der Waals surface area (Å²) in [6.45, 7) is 2.93. The number of thioether (sulfide) groups is 1. The van der Waals surface area contributed by atoms with Crippen LogP contribution in [0.15, 0.2) is 58.3 Å². The highest BCUT2D eigenvalue weighted by atomic mass is 35.5. The molecule has 170 valence electrons. The van der Waals surface area contributed by atoms with Crippen molar-refractivity contribution < 1.29 is 9.53 Å². The van der Waals surface area contributed by atoms with Crippen LogP contribution in [0.25, 0.3) is 6.08 Å². The van der Waals surface area contributed by atoms with Gasteiger partial charge in [-0.15, -0.1) is 5.10 Å². The Morgan fingerprint density at radius 3 is 2.70 bits per heavy atom. The molecule has 0 saturated carbocycles. The van der Waals surface area contributed by atoms with Crippen molar-refractivity contribution in [1.82, 2.24) is 14.5 Å². The fourth-order valence-electron chi connectivity index (χ4n) is 3.90. The van der Waals surface area contributed by atoms with Crippen LogP contribution in [0, 0.1) is 5.41 Å². The predicted octanol–water partition coefficient (Wildman–Crippen LogP) is 4.28. The van der Waals surface area contributed by atoms with Crippen molar-refractivity contribution in [3.05, 3.63) is 58.9 Å². The molecule has 3 aliphatic heterocycles. The Morgan fingerprint density at radius 1 is 1.12 bits per heavy atom. The highest BCUT2D eigenvalue weighted by molar-refractivity contribution is 8.26. The van der Waals surface area contributed by atoms with Crippen molar-refractivity contribution in [2.24, 2.45) is 10.1 Å². The number of piperidine rings is 1. The summed E-state index contributed by atoms with van der Waals surface area (Å²) >= 11 is 7.27. The van der Waals surface area contributed by atoms with Gasteiger partial charge in [0.05, 0.1) is 12.1 Å². The number of likely N-dealkylation sites (tertiary alicyclic amines) is 1. The van der Waals surface area contributed by atoms with Gasteiger partial charge in [-0.3, -0.25) is 10.2 Å². The number of rotatable bonds is 5. The van der Waals surface area contributed by atoms with E-state index >= 15 is 0 Å². The molecule has 1 saturated heterocycles. The van der Waals surface area contributed by atoms with Gasteiger partial charge in [-0.1, -0.05) is 11.6 Å². The number of benzene rings is 1. The van der Waals surface area contributed by atoms with Gasteiger partial charge >= 0.3 is 0 Å². The number of carbonyl (C=O) groups is 1. The molecule has 1 aromatic carbocycles. The molecule has 4 heterocycles. The number of nitrogens with zero attached hydrogens (tertiary/aromatic N) is 5. The number of amides is 1. The minimum Gasteiger partial charge on any atom is -0.492 e. The first kappa shape index (κ1) is 21.8. The van der Waals surface area contributed by atoms with Gasteiger partial charge in [0.25, 0.3) is 5.91 Å². The number of halogens is 1. The van der Waals surface area contributed by atoms with E-state index in [9.17, 15) is 4.79 Å². The van der Waals surface area contributed by atoms with Crippen molar-refractivity contribution in [3.8, 4) is 5.75 Å². The Bertz CT molecular complexity index is 1160. The molecule has 2 aromatic rings. The number of aromatic nitrogens is 1. The second-order valence-electron chi connectivity index (χ2n) is 7.88. The number of hydrazone groups is 1. The summed E-state index contributed by atoms with van der Waals surface area (Å²) in [6.07, 6.45) is 7.11. The summed E-state index contributed by atoms with van der Waals surface area (Å²) in [5.74, 6) is 0.375. The lowest BCUT2D eigenvalue weighted by molar-refractivity contribution is -0.114. The number of ether oxygens (including phenoxy) is 1. The van der Waals surface area contributed by atoms with Crippen LogP contribution in [-0.2, 0) is 11.3 Å². The van der Waals surface area contributed by atoms with E-state index in [1.54, 1.807) is 18.2 Å². The number of hydrogen-bond donors (Lipinski definition) is 1. The van der Waals surface area contributed by atoms with Crippen LogP contribution < -0.4 is 4.74 Å². The summed E-state index contributed by atoms with van der Waals surface area (Å²) in [4.78, 5) is 19.2. The van der Waals surface area contributed by atoms with Crippen LogP contribution in [0.5, 0.6) is 5.75 Å². The van der Waals surface area contributed by atoms with Crippen LogP contribution >= 0.6 is 23.4 Å². The third-order valence-electron chi connectivity index (χ3n) is 5.64. The Kier molecular flexibility index (Phi) is 6.24. The maximum atomic E-state index is 12.7. The number of aliphatic imine (C=N–C) groups is 1. The highest BCUT2D eigenvalue weighted by Crippen LogP contribution is 2.30. The monoisotopic (exact) mass is 482 g/mol. The quantitative estimate of drug-likeness (QED) is 0.643. The van der Waals surface area contributed by atoms with Crippen molar-refractivity contribution in [2.75, 3.05) is 19.7 Å². The Hall–Kier alpha value is -3.04. The average molecular weight is 483 g/mol. The molecule has 8 nitrogen and oxygen atoms in total. The topological polar surface area (TPSA) is 86.3 Å². The second kappa shape index (κ2) is 9.44. The normalized spacial score (nSPS) is 19.6. The maximum absolute atomic E-state index is 12.7. The molecular formula is C23H23ClN6O2S. The van der Waals surface area contributed by atoms with Crippen LogP contribution in [0.4, 0.5) is 0 Å². The summed E-state index contributed by atoms with van der Waals surface area (Å²) < 4.78 is 7.76. The maximum Gasteiger partial charge on any atom is 0.283 e. The minimum atomic E-state index is -0.418. The van der Waals surface area contributed by atoms with Crippen LogP contribution in [0.2, 0.25) is 5.02 Å². The molecule has 5 rings (SSSR count). The molecule has 0 atom stereocenters. The van der Waals surface area contributed by atoms with Crippen LogP contribution in [-0.4, -0.2) is 56.3 Å². The number of fused-ring (bicyclic) bond motifs is 1. The van der Waals surface area contributed by atoms with E-state index in [4.69, 9.17) is 21.7 Å². The molecular weight excluding hydrogens is 460 g/mol. The molecule has 0 aliphatic carbocycles. The van der Waals surface area contributed by atoms with E-state index < -0.39 is 5.91 Å². The van der Waals surface area contributed by atoms with Gasteiger partial charge in [-0.2, -0.15) is 10.0 Å². The van der Waals surface area contributed by atoms with Crippen LogP contribution in [0.3, 0.4) is 0 Å². The molecule has 1 fully saturated rings. The first-order valence-electron chi connectivity index (χ1n) is 10.9. The zero-order valence-electron chi connectivity index (χ0n) is 17.9. The Balaban J connectivity index is 1.29. The molecule has 1 aromatic heterocycles. The lowest BCUT2D eigenvalue weighted by atomic mass is 10.1. The number of hydrogen-bond acceptors (Lipinski definition) is 6. The number of nitrogens with one attached hydrogen (secondary N) is 1. The van der Waals surface area contributed by atoms with Crippen molar-refractivity contribution >= 4 is 51.5 Å². The predicted molar refractivity (Wildman–Crippen MR) is 132 cm³/mol. The summed E-state index contributed by atoms with van der Waals surface area (Å²) in [6, 6.07) is 11.0. The van der Waals surface area contributed by atoms with E-state index in [2.05, 4.69) is 15.0 Å². The molecule has 33 heavy (non-hydrogen) atoms. The second-order valence-corrected chi connectivity index (χ2v) is 9.25. The van der Waals surface area contributed by atoms with E-state index in [1.807, 2.05) is 35.0 Å². The van der Waals surface area contributed by atoms with Crippen molar-refractivity contribution in [2.45, 2.75) is 25.8 Å². The Morgan fingerprint density at radius 2 is 1.91 bits per heavy atom. The fraction of sp³-hybridized carbons (Fsp3) is 0.304. The summed E-state index contributed by atoms with van der Waals surface area (Å²) in [5.41, 5.74) is 1.02. The highest BCUT2D eigenvalue weighted by Gasteiger charge is 2.37. The summed E-state index contributed by atoms with van der Waals surface area (Å²) in [7, 11) is 0. The summed E-state index contributed by atoms with van der Waals surface area (Å²) in [5, 5.41) is 16.6. The molecule has 10 heteroatoms. The first-order valence-corrected chi connectivity index (χ1v) is 12.1. The number of amidine groups is 3. The molecule has 0 bridgehead atoms. The van der Waals surface area contributed by atoms with Gasteiger partial charge in [0.2, 0.25) is 5.17 Å². The van der Waals surface area contributed by atoms with Gasteiger partial charge in [0, 0.05) is 30.0 Å². The Labute approximate surface area is 201 Å². The van der Waals surface area contributed by atoms with Gasteiger partial charge in [0.1, 0.15) is 12.4 Å². The SMILES string of the molecule is N=C1/C(=C\c2cccn2CCOc2ccc(Cl)cc2)C(=O)N=C2SC(N3CCCCC3)=NN12. The molecule has 3 aliphatic rings. The molecule has 0 unspecified atom stereocenters. The smallest absolute Gasteiger partial charge is 0.283 e. The largest absolute Gasteiger partial charge is 0.492 e. The fourth-order valence-corrected chi connectivity index (χ4v) is 4.97. The van der Waals surface area contributed by atoms with Gasteiger partial charge < -0.3 is 14.2 Å². The van der Waals surface area contributed by atoms with Gasteiger partial charge in [0.15, 0.2) is 11.0 Å². The third kappa shape index (κ3) is 4.69. The molecule has 1 amide bonds. The number of carbonyl (C=O) groups excluding carboxylic acids is 1. The lowest BCUT2D eigenvalue weighted by Crippen LogP contribution is -2.35. The van der Waals surface area contributed by atoms with E-state index in [1.165, 1.54) is 23.2 Å². The molecule has 1 N–H and O–H groups in total. The minimum absolute atomic E-state index is 0.0506. The van der Waals surface area contributed by atoms with Gasteiger partial charge in [-0.05, 0) is 73.5 Å². The first-order chi connectivity index (χ1) is 16.1. The van der Waals surface area contributed by atoms with E-state index in [-0.39, 0.29) is 11.4 Å². The van der Waals surface area contributed by atoms with E-state index in [0.29, 0.717) is 23.3 Å². The van der Waals surface area contributed by atoms with Crippen molar-refractivity contribution in [1.29, 1.82) is 5.41 Å². The lowest BCUT2D eigenvalue weighted by Gasteiger charge is -2.26. The van der Waals surface area contributed by atoms with E-state index in [0.717, 1.165) is 42.5 Å². The van der Waals surface area contributed by atoms with Crippen LogP contribution in [0.1, 0.15) is 25.0 Å². The van der Waals surface area contributed by atoms with Gasteiger partial charge in [-0.25, -0.2) is 0 Å². The van der Waals surface area contributed by atoms with Crippen molar-refractivity contribution in [3.63, 3.8) is 0 Å². The zero-order valence-corrected chi connectivity index (χ0v) is 19.5. The third-order valence-corrected chi connectivity index (χ3v) is 6.86. The average Bonchev–Trinajstić information content (AvgIpc) is 3.45. The zero-order chi connectivity index (χ0) is 22.8. The standard InChI is InChI=1S/C23H23ClN6O2S/c24-16-6-8-18(9-7-16)32-14-13-28-12-4-5-17(28)15-19-20(25)30-22(26-21(19)31)33-23(27-30)29-10-2-1-3-11-29/h4-9,12,15,25H,1-3,10-11,13-14H2/b19-15+,25-20?.